The van der Waals surface area contributed by atoms with Crippen LogP contribution in [0.1, 0.15) is 26.3 Å². The maximum atomic E-state index is 12.0. The molecule has 1 aromatic rings. The number of ether oxygens (including phenoxy) is 1. The molecule has 158 valence electrons. The van der Waals surface area contributed by atoms with Crippen molar-refractivity contribution in [3.8, 4) is 0 Å². The second-order valence-corrected chi connectivity index (χ2v) is 11.9. The molecule has 8 heteroatoms. The smallest absolute Gasteiger partial charge is 2.00 e. The number of amidine groups is 1. The van der Waals surface area contributed by atoms with Gasteiger partial charge in [0.25, 0.3) is 0 Å². The van der Waals surface area contributed by atoms with Crippen molar-refractivity contribution < 1.29 is 40.6 Å². The SMILES string of the molecule is C=CC(=NC([C-]=NN=[C-]c1ccccc1)=C(C)C)N1CCI(C(=O)OCC)CC1.[U+2]. The Balaban J connectivity index is 0.00000450. The predicted octanol–water partition coefficient (Wildman–Crippen LogP) is 4.70. The molecule has 0 aliphatic carbocycles. The first-order chi connectivity index (χ1) is 14.0. The molecule has 0 bridgehead atoms. The quantitative estimate of drug-likeness (QED) is 0.0775. The van der Waals surface area contributed by atoms with Crippen LogP contribution in [0.15, 0.2) is 69.5 Å². The van der Waals surface area contributed by atoms with E-state index in [0.29, 0.717) is 12.3 Å². The molecule has 0 spiro atoms. The first kappa shape index (κ1) is 26.8. The van der Waals surface area contributed by atoms with Crippen molar-refractivity contribution in [2.24, 2.45) is 15.2 Å². The minimum absolute atomic E-state index is 0. The Morgan fingerprint density at radius 1 is 1.23 bits per heavy atom. The van der Waals surface area contributed by atoms with Gasteiger partial charge in [0.1, 0.15) is 0 Å². The van der Waals surface area contributed by atoms with E-state index in [-0.39, 0.29) is 35.1 Å². The zero-order chi connectivity index (χ0) is 21.1. The van der Waals surface area contributed by atoms with Crippen molar-refractivity contribution in [3.05, 3.63) is 59.8 Å². The van der Waals surface area contributed by atoms with Crippen molar-refractivity contribution in [1.29, 1.82) is 0 Å². The summed E-state index contributed by atoms with van der Waals surface area (Å²) in [5, 5.41) is 7.90. The summed E-state index contributed by atoms with van der Waals surface area (Å²) < 4.78 is 7.04. The van der Waals surface area contributed by atoms with Gasteiger partial charge in [-0.1, -0.05) is 6.07 Å². The zero-order valence-corrected chi connectivity index (χ0v) is 24.0. The van der Waals surface area contributed by atoms with Gasteiger partial charge in [-0.2, -0.15) is 0 Å². The van der Waals surface area contributed by atoms with Crippen molar-refractivity contribution in [1.82, 2.24) is 4.90 Å². The number of allylic oxidation sites excluding steroid dienone is 2. The van der Waals surface area contributed by atoms with E-state index < -0.39 is 19.8 Å². The molecule has 0 atom stereocenters. The topological polar surface area (TPSA) is 66.6 Å². The van der Waals surface area contributed by atoms with Crippen LogP contribution in [-0.2, 0) is 4.74 Å². The number of hydrogen-bond acceptors (Lipinski definition) is 5. The van der Waals surface area contributed by atoms with Gasteiger partial charge in [0.15, 0.2) is 0 Å². The van der Waals surface area contributed by atoms with Crippen LogP contribution in [0.4, 0.5) is 4.79 Å². The van der Waals surface area contributed by atoms with Crippen LogP contribution < -0.4 is 0 Å². The fourth-order valence-corrected chi connectivity index (χ4v) is 6.97. The number of halogens is 1. The summed E-state index contributed by atoms with van der Waals surface area (Å²) in [7, 11) is 0. The molecule has 1 fully saturated rings. The average molecular weight is 744 g/mol. The Labute approximate surface area is 210 Å². The molecule has 0 saturated carbocycles. The summed E-state index contributed by atoms with van der Waals surface area (Å²) in [6.45, 7) is 11.7. The molecule has 0 aromatic heterocycles. The van der Waals surface area contributed by atoms with Gasteiger partial charge in [-0.25, -0.2) is 0 Å². The Morgan fingerprint density at radius 2 is 1.90 bits per heavy atom. The summed E-state index contributed by atoms with van der Waals surface area (Å²) in [6, 6.07) is 9.58. The first-order valence-electron chi connectivity index (χ1n) is 9.44. The molecule has 1 heterocycles. The van der Waals surface area contributed by atoms with E-state index in [0.717, 1.165) is 38.9 Å². The second kappa shape index (κ2) is 14.7. The zero-order valence-electron chi connectivity index (χ0n) is 17.7. The monoisotopic (exact) mass is 744 g/mol. The van der Waals surface area contributed by atoms with E-state index >= 15 is 0 Å². The van der Waals surface area contributed by atoms with E-state index in [9.17, 15) is 4.79 Å². The summed E-state index contributed by atoms with van der Waals surface area (Å²) in [6.07, 6.45) is 7.47. The number of hydrogen-bond donors (Lipinski definition) is 0. The normalized spacial score (nSPS) is 15.8. The standard InChI is InChI=1S/C22H27IN4O2.U/c1-5-21(27-14-12-23(13-15-27)22(28)29-6-2)26-20(18(3)4)17-25-24-16-19-10-8-7-9-11-19;/h5,7-11H,1,6,12-15H2,2-4H3;/q-2;+2. The Morgan fingerprint density at radius 3 is 2.47 bits per heavy atom. The van der Waals surface area contributed by atoms with Crippen LogP contribution in [0, 0.1) is 31.1 Å². The Hall–Kier alpha value is -1.24. The van der Waals surface area contributed by atoms with Gasteiger partial charge in [0.2, 0.25) is 0 Å². The fourth-order valence-electron chi connectivity index (χ4n) is 2.46. The summed E-state index contributed by atoms with van der Waals surface area (Å²) in [5.41, 5.74) is 2.44. The largest absolute Gasteiger partial charge is 2.00 e. The molecule has 0 N–H and O–H groups in total. The van der Waals surface area contributed by atoms with E-state index in [4.69, 9.17) is 4.74 Å². The molecule has 1 saturated heterocycles. The van der Waals surface area contributed by atoms with E-state index in [1.807, 2.05) is 51.1 Å². The molecule has 30 heavy (non-hydrogen) atoms. The molecule has 6 nitrogen and oxygen atoms in total. The molecule has 2 rings (SSSR count). The molecule has 1 aromatic carbocycles. The fraction of sp³-hybridized carbons (Fsp3) is 0.364. The van der Waals surface area contributed by atoms with Crippen molar-refractivity contribution in [2.75, 3.05) is 28.6 Å². The van der Waals surface area contributed by atoms with Crippen LogP contribution in [0.2, 0.25) is 0 Å². The average Bonchev–Trinajstić information content (AvgIpc) is 2.74. The summed E-state index contributed by atoms with van der Waals surface area (Å²) in [5.74, 6) is 0.763. The van der Waals surface area contributed by atoms with Gasteiger partial charge >= 0.3 is 194 Å². The second-order valence-electron chi connectivity index (χ2n) is 6.30. The minimum Gasteiger partial charge on any atom is 2.00 e. The maximum absolute atomic E-state index is 12.0. The molecular formula is C22H27IN4O2U. The molecule has 0 amide bonds. The third kappa shape index (κ3) is 8.86. The number of carbonyl (C=O) groups excluding carboxylic acids is 1. The Bertz CT molecular complexity index is 810. The van der Waals surface area contributed by atoms with Crippen LogP contribution >= 0.6 is 19.8 Å². The third-order valence-corrected chi connectivity index (χ3v) is 9.13. The molecule has 0 unspecified atom stereocenters. The van der Waals surface area contributed by atoms with Gasteiger partial charge in [0.05, 0.1) is 0 Å². The van der Waals surface area contributed by atoms with E-state index in [1.54, 1.807) is 6.08 Å². The first-order valence-corrected chi connectivity index (χ1v) is 13.6. The molecule has 0 radical (unpaired) electrons. The van der Waals surface area contributed by atoms with Crippen LogP contribution in [0.5, 0.6) is 0 Å². The van der Waals surface area contributed by atoms with E-state index in [1.165, 1.54) is 0 Å². The van der Waals surface area contributed by atoms with Crippen molar-refractivity contribution in [2.45, 2.75) is 20.8 Å². The Kier molecular flexibility index (Phi) is 13.1. The van der Waals surface area contributed by atoms with Crippen LogP contribution in [0.3, 0.4) is 0 Å². The van der Waals surface area contributed by atoms with Gasteiger partial charge in [-0.3, -0.25) is 0 Å². The van der Waals surface area contributed by atoms with Gasteiger partial charge in [-0.05, 0) is 0 Å². The number of alkyl halides is 2. The predicted molar refractivity (Wildman–Crippen MR) is 129 cm³/mol. The number of aliphatic imine (C=N–C) groups is 1. The third-order valence-electron chi connectivity index (χ3n) is 4.01. The van der Waals surface area contributed by atoms with Gasteiger partial charge in [-0.15, -0.1) is 12.1 Å². The van der Waals surface area contributed by atoms with Gasteiger partial charge < -0.3 is 0 Å². The van der Waals surface area contributed by atoms with Crippen LogP contribution in [0.25, 0.3) is 0 Å². The van der Waals surface area contributed by atoms with Crippen molar-refractivity contribution in [3.63, 3.8) is 0 Å². The van der Waals surface area contributed by atoms with E-state index in [2.05, 4.69) is 39.1 Å². The minimum atomic E-state index is -1.68. The number of nitrogens with zero attached hydrogens (tertiary/aromatic N) is 4. The summed E-state index contributed by atoms with van der Waals surface area (Å²) >= 11 is -1.68. The molecule has 1 aliphatic rings. The van der Waals surface area contributed by atoms with Crippen molar-refractivity contribution >= 4 is 42.1 Å². The number of carbonyl (C=O) groups is 1. The molecule has 1 aliphatic heterocycles. The maximum Gasteiger partial charge on any atom is 2.00 e. The van der Waals surface area contributed by atoms with Gasteiger partial charge in [0, 0.05) is 0 Å². The number of benzene rings is 1. The molecular weight excluding hydrogens is 717 g/mol. The summed E-state index contributed by atoms with van der Waals surface area (Å²) in [4.78, 5) is 18.8. The number of rotatable bonds is 7. The van der Waals surface area contributed by atoms with Crippen LogP contribution in [-0.4, -0.2) is 55.7 Å².